The van der Waals surface area contributed by atoms with Crippen molar-refractivity contribution in [1.82, 2.24) is 14.7 Å². The monoisotopic (exact) mass is 305 g/mol. The number of carbonyl (C=O) groups is 1. The lowest BCUT2D eigenvalue weighted by Gasteiger charge is -2.17. The third-order valence-corrected chi connectivity index (χ3v) is 3.91. The third-order valence-electron chi connectivity index (χ3n) is 3.60. The van der Waals surface area contributed by atoms with Crippen molar-refractivity contribution in [2.75, 3.05) is 7.05 Å². The molecule has 0 radical (unpaired) electrons. The van der Waals surface area contributed by atoms with Gasteiger partial charge in [-0.1, -0.05) is 17.7 Å². The standard InChI is InChI=1S/C16H20ClN3O/c1-5-20-9-14(17)15(18-20)10-19(4)16(21)13-7-6-11(2)12(3)8-13/h6-9H,5,10H2,1-4H3. The number of carbonyl (C=O) groups excluding carboxylic acids is 1. The van der Waals surface area contributed by atoms with Crippen LogP contribution in [-0.2, 0) is 13.1 Å². The number of aryl methyl sites for hydroxylation is 3. The van der Waals surface area contributed by atoms with E-state index in [0.717, 1.165) is 17.8 Å². The number of benzene rings is 1. The van der Waals surface area contributed by atoms with Gasteiger partial charge in [0.15, 0.2) is 0 Å². The zero-order chi connectivity index (χ0) is 15.6. The van der Waals surface area contributed by atoms with Crippen LogP contribution in [0, 0.1) is 13.8 Å². The van der Waals surface area contributed by atoms with Crippen molar-refractivity contribution in [2.24, 2.45) is 0 Å². The van der Waals surface area contributed by atoms with Gasteiger partial charge in [0.05, 0.1) is 11.6 Å². The summed E-state index contributed by atoms with van der Waals surface area (Å²) in [4.78, 5) is 14.1. The fourth-order valence-electron chi connectivity index (χ4n) is 2.10. The van der Waals surface area contributed by atoms with Crippen LogP contribution in [0.5, 0.6) is 0 Å². The van der Waals surface area contributed by atoms with E-state index in [1.807, 2.05) is 39.0 Å². The van der Waals surface area contributed by atoms with Gasteiger partial charge in [0, 0.05) is 25.4 Å². The van der Waals surface area contributed by atoms with E-state index in [4.69, 9.17) is 11.6 Å². The molecule has 1 aromatic heterocycles. The zero-order valence-corrected chi connectivity index (χ0v) is 13.6. The Morgan fingerprint density at radius 3 is 2.62 bits per heavy atom. The fourth-order valence-corrected chi connectivity index (χ4v) is 2.31. The Bertz CT molecular complexity index is 664. The van der Waals surface area contributed by atoms with E-state index >= 15 is 0 Å². The van der Waals surface area contributed by atoms with Gasteiger partial charge >= 0.3 is 0 Å². The molecule has 0 fully saturated rings. The topological polar surface area (TPSA) is 38.1 Å². The highest BCUT2D eigenvalue weighted by Crippen LogP contribution is 2.17. The van der Waals surface area contributed by atoms with Crippen LogP contribution < -0.4 is 0 Å². The summed E-state index contributed by atoms with van der Waals surface area (Å²) >= 11 is 6.14. The molecule has 2 aromatic rings. The number of aromatic nitrogens is 2. The molecular weight excluding hydrogens is 286 g/mol. The normalized spacial score (nSPS) is 10.7. The van der Waals surface area contributed by atoms with Crippen molar-refractivity contribution in [3.05, 3.63) is 51.8 Å². The van der Waals surface area contributed by atoms with Crippen molar-refractivity contribution in [1.29, 1.82) is 0 Å². The average Bonchev–Trinajstić information content (AvgIpc) is 2.81. The van der Waals surface area contributed by atoms with Crippen LogP contribution in [0.2, 0.25) is 5.02 Å². The predicted octanol–water partition coefficient (Wildman–Crippen LogP) is 3.45. The maximum Gasteiger partial charge on any atom is 0.253 e. The minimum absolute atomic E-state index is 0.0276. The first-order valence-corrected chi connectivity index (χ1v) is 7.34. The van der Waals surface area contributed by atoms with Crippen molar-refractivity contribution in [3.8, 4) is 0 Å². The molecule has 0 atom stereocenters. The summed E-state index contributed by atoms with van der Waals surface area (Å²) in [6.45, 7) is 7.19. The largest absolute Gasteiger partial charge is 0.336 e. The maximum absolute atomic E-state index is 12.4. The Morgan fingerprint density at radius 2 is 2.05 bits per heavy atom. The van der Waals surface area contributed by atoms with Crippen LogP contribution in [0.25, 0.3) is 0 Å². The molecule has 5 heteroatoms. The van der Waals surface area contributed by atoms with E-state index in [0.29, 0.717) is 17.1 Å². The van der Waals surface area contributed by atoms with Crippen LogP contribution in [0.1, 0.15) is 34.1 Å². The van der Waals surface area contributed by atoms with Crippen LogP contribution in [-0.4, -0.2) is 27.6 Å². The number of amides is 1. The van der Waals surface area contributed by atoms with Gasteiger partial charge in [0.25, 0.3) is 5.91 Å². The second-order valence-corrected chi connectivity index (χ2v) is 5.65. The van der Waals surface area contributed by atoms with E-state index in [2.05, 4.69) is 5.10 Å². The first-order valence-electron chi connectivity index (χ1n) is 6.97. The first-order chi connectivity index (χ1) is 9.92. The summed E-state index contributed by atoms with van der Waals surface area (Å²) in [6.07, 6.45) is 1.78. The van der Waals surface area contributed by atoms with Crippen molar-refractivity contribution < 1.29 is 4.79 Å². The molecule has 0 N–H and O–H groups in total. The second kappa shape index (κ2) is 6.31. The Hall–Kier alpha value is -1.81. The summed E-state index contributed by atoms with van der Waals surface area (Å²) < 4.78 is 1.77. The van der Waals surface area contributed by atoms with Gasteiger partial charge in [0.1, 0.15) is 5.69 Å². The molecule has 0 aliphatic heterocycles. The van der Waals surface area contributed by atoms with Crippen LogP contribution in [0.15, 0.2) is 24.4 Å². The number of halogens is 1. The van der Waals surface area contributed by atoms with E-state index in [1.165, 1.54) is 5.56 Å². The van der Waals surface area contributed by atoms with Gasteiger partial charge in [-0.15, -0.1) is 0 Å². The molecule has 2 rings (SSSR count). The molecular formula is C16H20ClN3O. The summed E-state index contributed by atoms with van der Waals surface area (Å²) in [7, 11) is 1.76. The number of nitrogens with zero attached hydrogens (tertiary/aromatic N) is 3. The lowest BCUT2D eigenvalue weighted by atomic mass is 10.1. The van der Waals surface area contributed by atoms with Crippen LogP contribution >= 0.6 is 11.6 Å². The quantitative estimate of drug-likeness (QED) is 0.868. The molecule has 0 aliphatic carbocycles. The smallest absolute Gasteiger partial charge is 0.253 e. The van der Waals surface area contributed by atoms with Crippen LogP contribution in [0.4, 0.5) is 0 Å². The summed E-state index contributed by atoms with van der Waals surface area (Å²) in [5.74, 6) is -0.0276. The number of hydrogen-bond acceptors (Lipinski definition) is 2. The highest BCUT2D eigenvalue weighted by molar-refractivity contribution is 6.31. The lowest BCUT2D eigenvalue weighted by molar-refractivity contribution is 0.0783. The van der Waals surface area contributed by atoms with E-state index in [9.17, 15) is 4.79 Å². The molecule has 1 heterocycles. The van der Waals surface area contributed by atoms with Gasteiger partial charge in [-0.05, 0) is 44.0 Å². The summed E-state index contributed by atoms with van der Waals surface area (Å²) in [6, 6.07) is 5.74. The molecule has 1 aromatic carbocycles. The molecule has 0 bridgehead atoms. The van der Waals surface area contributed by atoms with Gasteiger partial charge in [-0.3, -0.25) is 9.48 Å². The van der Waals surface area contributed by atoms with Gasteiger partial charge < -0.3 is 4.90 Å². The van der Waals surface area contributed by atoms with E-state index in [-0.39, 0.29) is 5.91 Å². The number of rotatable bonds is 4. The fraction of sp³-hybridized carbons (Fsp3) is 0.375. The molecule has 112 valence electrons. The number of hydrogen-bond donors (Lipinski definition) is 0. The van der Waals surface area contributed by atoms with E-state index in [1.54, 1.807) is 22.8 Å². The highest BCUT2D eigenvalue weighted by Gasteiger charge is 2.16. The minimum atomic E-state index is -0.0276. The lowest BCUT2D eigenvalue weighted by Crippen LogP contribution is -2.26. The molecule has 0 saturated carbocycles. The molecule has 1 amide bonds. The molecule has 0 saturated heterocycles. The SMILES string of the molecule is CCn1cc(Cl)c(CN(C)C(=O)c2ccc(C)c(C)c2)n1. The minimum Gasteiger partial charge on any atom is -0.336 e. The van der Waals surface area contributed by atoms with Gasteiger partial charge in [-0.2, -0.15) is 5.10 Å². The molecule has 0 spiro atoms. The predicted molar refractivity (Wildman–Crippen MR) is 84.6 cm³/mol. The summed E-state index contributed by atoms with van der Waals surface area (Å²) in [5.41, 5.74) is 3.70. The first kappa shape index (κ1) is 15.6. The van der Waals surface area contributed by atoms with E-state index < -0.39 is 0 Å². The average molecular weight is 306 g/mol. The maximum atomic E-state index is 12.4. The molecule has 4 nitrogen and oxygen atoms in total. The molecule has 0 unspecified atom stereocenters. The zero-order valence-electron chi connectivity index (χ0n) is 12.9. The van der Waals surface area contributed by atoms with Crippen molar-refractivity contribution in [2.45, 2.75) is 33.9 Å². The van der Waals surface area contributed by atoms with Gasteiger partial charge in [0.2, 0.25) is 0 Å². The summed E-state index contributed by atoms with van der Waals surface area (Å²) in [5, 5.41) is 4.96. The van der Waals surface area contributed by atoms with Gasteiger partial charge in [-0.25, -0.2) is 0 Å². The highest BCUT2D eigenvalue weighted by atomic mass is 35.5. The molecule has 0 aliphatic rings. The van der Waals surface area contributed by atoms with Crippen molar-refractivity contribution >= 4 is 17.5 Å². The second-order valence-electron chi connectivity index (χ2n) is 5.24. The van der Waals surface area contributed by atoms with Crippen molar-refractivity contribution in [3.63, 3.8) is 0 Å². The van der Waals surface area contributed by atoms with Crippen LogP contribution in [0.3, 0.4) is 0 Å². The Kier molecular flexibility index (Phi) is 4.68. The Balaban J connectivity index is 2.15. The molecule has 21 heavy (non-hydrogen) atoms. The Morgan fingerprint density at radius 1 is 1.33 bits per heavy atom. The third kappa shape index (κ3) is 3.45. The Labute approximate surface area is 130 Å².